The molecule has 0 saturated carbocycles. The van der Waals surface area contributed by atoms with Gasteiger partial charge >= 0.3 is 0 Å². The summed E-state index contributed by atoms with van der Waals surface area (Å²) >= 11 is 0. The maximum atomic E-state index is 12.8. The summed E-state index contributed by atoms with van der Waals surface area (Å²) in [6.07, 6.45) is 4.11. The number of allylic oxidation sites excluding steroid dienone is 2. The van der Waals surface area contributed by atoms with Gasteiger partial charge < -0.3 is 10.4 Å². The van der Waals surface area contributed by atoms with Gasteiger partial charge in [0, 0.05) is 35.2 Å². The molecule has 1 aliphatic carbocycles. The molecule has 0 fully saturated rings. The first-order chi connectivity index (χ1) is 12.7. The maximum absolute atomic E-state index is 12.8. The number of pyridine rings is 1. The smallest absolute Gasteiger partial charge is 0.161 e. The van der Waals surface area contributed by atoms with E-state index in [-0.39, 0.29) is 17.5 Å². The Morgan fingerprint density at radius 2 is 2.00 bits per heavy atom. The Balaban J connectivity index is 1.81. The average Bonchev–Trinajstić information content (AvgIpc) is 2.66. The van der Waals surface area contributed by atoms with Gasteiger partial charge in [-0.3, -0.25) is 9.78 Å². The van der Waals surface area contributed by atoms with Crippen LogP contribution in [0.5, 0.6) is 5.75 Å². The second-order valence-electron chi connectivity index (χ2n) is 6.92. The number of aromatic nitrogens is 1. The first-order valence-corrected chi connectivity index (χ1v) is 8.92. The number of nitrogens with zero attached hydrogens (tertiary/aromatic N) is 1. The minimum Gasteiger partial charge on any atom is -0.508 e. The van der Waals surface area contributed by atoms with E-state index in [1.165, 1.54) is 0 Å². The fraction of sp³-hybridized carbons (Fsp3) is 0.182. The van der Waals surface area contributed by atoms with Gasteiger partial charge in [-0.1, -0.05) is 18.2 Å². The second-order valence-corrected chi connectivity index (χ2v) is 6.92. The Morgan fingerprint density at radius 1 is 1.08 bits per heavy atom. The van der Waals surface area contributed by atoms with Gasteiger partial charge in [0.25, 0.3) is 0 Å². The van der Waals surface area contributed by atoms with E-state index < -0.39 is 0 Å². The van der Waals surface area contributed by atoms with Crippen molar-refractivity contribution in [1.82, 2.24) is 4.98 Å². The molecule has 3 aromatic rings. The van der Waals surface area contributed by atoms with Gasteiger partial charge in [-0.05, 0) is 54.3 Å². The van der Waals surface area contributed by atoms with Gasteiger partial charge in [0.2, 0.25) is 0 Å². The van der Waals surface area contributed by atoms with Gasteiger partial charge in [0.15, 0.2) is 5.78 Å². The van der Waals surface area contributed by atoms with Crippen LogP contribution in [0.3, 0.4) is 0 Å². The van der Waals surface area contributed by atoms with Crippen LogP contribution in [0, 0.1) is 0 Å². The number of aromatic hydroxyl groups is 1. The third-order valence-electron chi connectivity index (χ3n) is 5.35. The van der Waals surface area contributed by atoms with Crippen LogP contribution >= 0.6 is 0 Å². The van der Waals surface area contributed by atoms with Crippen LogP contribution in [0.4, 0.5) is 5.69 Å². The molecule has 2 heterocycles. The summed E-state index contributed by atoms with van der Waals surface area (Å²) in [5, 5.41) is 14.6. The van der Waals surface area contributed by atoms with Gasteiger partial charge in [-0.15, -0.1) is 0 Å². The molecule has 0 bridgehead atoms. The van der Waals surface area contributed by atoms with Gasteiger partial charge in [0.05, 0.1) is 11.2 Å². The average molecular weight is 342 g/mol. The van der Waals surface area contributed by atoms with Crippen molar-refractivity contribution >= 4 is 22.4 Å². The highest BCUT2D eigenvalue weighted by molar-refractivity contribution is 6.04. The number of nitrogens with one attached hydrogen (secondary N) is 1. The monoisotopic (exact) mass is 342 g/mol. The summed E-state index contributed by atoms with van der Waals surface area (Å²) in [5.41, 5.74) is 5.82. The predicted octanol–water partition coefficient (Wildman–Crippen LogP) is 4.50. The first-order valence-electron chi connectivity index (χ1n) is 8.92. The Kier molecular flexibility index (Phi) is 3.32. The summed E-state index contributed by atoms with van der Waals surface area (Å²) in [7, 11) is 0. The number of hydrogen-bond donors (Lipinski definition) is 2. The summed E-state index contributed by atoms with van der Waals surface area (Å²) in [5.74, 6) is 0.255. The molecule has 0 spiro atoms. The molecule has 0 radical (unpaired) electrons. The van der Waals surface area contributed by atoms with E-state index in [0.717, 1.165) is 51.8 Å². The fourth-order valence-corrected chi connectivity index (χ4v) is 4.23. The highest BCUT2D eigenvalue weighted by Gasteiger charge is 2.35. The number of hydrogen-bond acceptors (Lipinski definition) is 4. The van der Waals surface area contributed by atoms with E-state index in [9.17, 15) is 9.90 Å². The zero-order valence-corrected chi connectivity index (χ0v) is 14.2. The molecule has 26 heavy (non-hydrogen) atoms. The second kappa shape index (κ2) is 5.70. The van der Waals surface area contributed by atoms with Crippen LogP contribution < -0.4 is 5.32 Å². The van der Waals surface area contributed by atoms with Crippen molar-refractivity contribution in [2.45, 2.75) is 25.2 Å². The van der Waals surface area contributed by atoms with Crippen molar-refractivity contribution in [2.24, 2.45) is 0 Å². The SMILES string of the molecule is O=C1CCCC2=C1[C@H](c1cccc(O)c1)c1ccc3ncccc3c1N2. The van der Waals surface area contributed by atoms with Crippen LogP contribution in [0.15, 0.2) is 66.0 Å². The van der Waals surface area contributed by atoms with Crippen molar-refractivity contribution in [3.63, 3.8) is 0 Å². The van der Waals surface area contributed by atoms with Crippen molar-refractivity contribution in [3.05, 3.63) is 77.1 Å². The van der Waals surface area contributed by atoms with Crippen molar-refractivity contribution < 1.29 is 9.90 Å². The Morgan fingerprint density at radius 3 is 2.88 bits per heavy atom. The fourth-order valence-electron chi connectivity index (χ4n) is 4.23. The van der Waals surface area contributed by atoms with Crippen LogP contribution in [0.2, 0.25) is 0 Å². The molecule has 2 N–H and O–H groups in total. The normalized spacial score (nSPS) is 19.1. The number of benzene rings is 2. The number of phenolic OH excluding ortho intramolecular Hbond substituents is 1. The minimum absolute atomic E-state index is 0.161. The Bertz CT molecular complexity index is 1080. The summed E-state index contributed by atoms with van der Waals surface area (Å²) in [6, 6.07) is 15.3. The molecule has 1 atom stereocenters. The highest BCUT2D eigenvalue weighted by atomic mass is 16.3. The molecule has 4 nitrogen and oxygen atoms in total. The zero-order chi connectivity index (χ0) is 17.7. The number of anilines is 1. The first kappa shape index (κ1) is 15.1. The van der Waals surface area contributed by atoms with Crippen molar-refractivity contribution in [3.8, 4) is 5.75 Å². The van der Waals surface area contributed by atoms with E-state index in [0.29, 0.717) is 6.42 Å². The zero-order valence-electron chi connectivity index (χ0n) is 14.2. The third-order valence-corrected chi connectivity index (χ3v) is 5.35. The predicted molar refractivity (Wildman–Crippen MR) is 101 cm³/mol. The van der Waals surface area contributed by atoms with E-state index in [1.807, 2.05) is 24.3 Å². The molecule has 5 rings (SSSR count). The summed E-state index contributed by atoms with van der Waals surface area (Å²) in [4.78, 5) is 17.3. The molecule has 0 saturated heterocycles. The Labute approximate surface area is 151 Å². The maximum Gasteiger partial charge on any atom is 0.161 e. The van der Waals surface area contributed by atoms with E-state index in [2.05, 4.69) is 22.4 Å². The molecule has 2 aromatic carbocycles. The largest absolute Gasteiger partial charge is 0.508 e. The van der Waals surface area contributed by atoms with E-state index >= 15 is 0 Å². The number of carbonyl (C=O) groups is 1. The molecular formula is C22H18N2O2. The lowest BCUT2D eigenvalue weighted by Gasteiger charge is -2.34. The highest BCUT2D eigenvalue weighted by Crippen LogP contribution is 2.47. The van der Waals surface area contributed by atoms with Gasteiger partial charge in [-0.25, -0.2) is 0 Å². The molecule has 0 unspecified atom stereocenters. The number of ketones is 1. The topological polar surface area (TPSA) is 62.2 Å². The standard InChI is InChI=1S/C22H18N2O2/c25-14-5-1-4-13(12-14)20-16-9-10-17-15(6-3-11-23-17)22(16)24-18-7-2-8-19(26)21(18)20/h1,3-6,9-12,20,24-25H,2,7-8H2/t20-/m1/s1. The summed E-state index contributed by atoms with van der Waals surface area (Å²) in [6.45, 7) is 0. The quantitative estimate of drug-likeness (QED) is 0.683. The van der Waals surface area contributed by atoms with Crippen LogP contribution in [0.25, 0.3) is 10.9 Å². The van der Waals surface area contributed by atoms with E-state index in [4.69, 9.17) is 0 Å². The lowest BCUT2D eigenvalue weighted by atomic mass is 9.75. The number of fused-ring (bicyclic) bond motifs is 3. The van der Waals surface area contributed by atoms with Crippen LogP contribution in [-0.2, 0) is 4.79 Å². The summed E-state index contributed by atoms with van der Waals surface area (Å²) < 4.78 is 0. The molecular weight excluding hydrogens is 324 g/mol. The number of carbonyl (C=O) groups excluding carboxylic acids is 1. The third kappa shape index (κ3) is 2.22. The molecule has 0 amide bonds. The molecule has 128 valence electrons. The van der Waals surface area contributed by atoms with Gasteiger partial charge in [0.1, 0.15) is 5.75 Å². The lowest BCUT2D eigenvalue weighted by Crippen LogP contribution is -2.27. The number of phenols is 1. The van der Waals surface area contributed by atoms with Crippen LogP contribution in [0.1, 0.15) is 36.3 Å². The molecule has 2 aliphatic rings. The molecule has 1 aromatic heterocycles. The van der Waals surface area contributed by atoms with Crippen molar-refractivity contribution in [1.29, 1.82) is 0 Å². The number of Topliss-reactive ketones (excluding diaryl/α,β-unsaturated/α-hetero) is 1. The van der Waals surface area contributed by atoms with Crippen LogP contribution in [-0.4, -0.2) is 15.9 Å². The number of rotatable bonds is 1. The minimum atomic E-state index is -0.161. The van der Waals surface area contributed by atoms with Gasteiger partial charge in [-0.2, -0.15) is 0 Å². The van der Waals surface area contributed by atoms with E-state index in [1.54, 1.807) is 18.3 Å². The molecule has 4 heteroatoms. The van der Waals surface area contributed by atoms with Crippen molar-refractivity contribution in [2.75, 3.05) is 5.32 Å². The Hall–Kier alpha value is -3.14. The lowest BCUT2D eigenvalue weighted by molar-refractivity contribution is -0.116. The molecule has 1 aliphatic heterocycles.